The van der Waals surface area contributed by atoms with Crippen LogP contribution in [0.1, 0.15) is 213 Å². The van der Waals surface area contributed by atoms with Crippen LogP contribution in [0, 0.1) is 20.8 Å². The Balaban J connectivity index is -0.0000000839. The van der Waals surface area contributed by atoms with Crippen LogP contribution in [0.4, 0.5) is 0 Å². The molecule has 8 heteroatoms. The van der Waals surface area contributed by atoms with Crippen LogP contribution < -0.4 is 14.7 Å². The molecule has 0 heterocycles. The van der Waals surface area contributed by atoms with E-state index in [0.717, 1.165) is 19.3 Å². The van der Waals surface area contributed by atoms with Gasteiger partial charge in [0.2, 0.25) is 0 Å². The number of unbranched alkanes of at least 4 members (excludes halogenated alkanes) is 27. The Bertz CT molecular complexity index is 369. The van der Waals surface area contributed by atoms with Crippen LogP contribution in [0.5, 0.6) is 0 Å². The maximum absolute atomic E-state index is 8.55. The first-order valence-electron chi connectivity index (χ1n) is 17.9. The zero-order valence-corrected chi connectivity index (χ0v) is 40.3. The van der Waals surface area contributed by atoms with Crippen molar-refractivity contribution in [2.75, 3.05) is 0 Å². The fraction of sp³-hybridized carbons (Fsp3) is 0.917. The van der Waals surface area contributed by atoms with E-state index in [1.54, 1.807) is 0 Å². The van der Waals surface area contributed by atoms with Gasteiger partial charge in [0.1, 0.15) is 0 Å². The summed E-state index contributed by atoms with van der Waals surface area (Å²) in [7, 11) is -5.39. The molecular weight excluding hydrogens is 724 g/mol. The predicted octanol–water partition coefficient (Wildman–Crippen LogP) is 11.4. The molecule has 0 aliphatic carbocycles. The van der Waals surface area contributed by atoms with Crippen molar-refractivity contribution in [3.8, 4) is 0 Å². The van der Waals surface area contributed by atoms with E-state index in [4.69, 9.17) is 19.2 Å². The maximum atomic E-state index is 8.55. The third-order valence-corrected chi connectivity index (χ3v) is 7.06. The van der Waals surface area contributed by atoms with Crippen molar-refractivity contribution in [2.24, 2.45) is 0 Å². The van der Waals surface area contributed by atoms with Crippen LogP contribution >= 0.6 is 7.82 Å². The van der Waals surface area contributed by atoms with Crippen LogP contribution in [0.3, 0.4) is 0 Å². The first-order valence-corrected chi connectivity index (χ1v) is 19.3. The minimum Gasteiger partial charge on any atom is -0.822 e. The topological polar surface area (TPSA) is 86.2 Å². The number of hydrogen-bond donors (Lipinski definition) is 0. The molecule has 0 atom stereocenters. The zero-order chi connectivity index (χ0) is 31.7. The van der Waals surface area contributed by atoms with Gasteiger partial charge in [-0.1, -0.05) is 194 Å². The predicted molar refractivity (Wildman–Crippen MR) is 179 cm³/mol. The van der Waals surface area contributed by atoms with E-state index in [9.17, 15) is 0 Å². The van der Waals surface area contributed by atoms with Crippen molar-refractivity contribution in [2.45, 2.75) is 213 Å². The van der Waals surface area contributed by atoms with E-state index in [2.05, 4.69) is 41.5 Å². The minimum atomic E-state index is -5.39. The summed E-state index contributed by atoms with van der Waals surface area (Å²) in [5.74, 6) is 0. The van der Waals surface area contributed by atoms with E-state index in [0.29, 0.717) is 0 Å². The van der Waals surface area contributed by atoms with Crippen molar-refractivity contribution >= 4 is 7.82 Å². The van der Waals surface area contributed by atoms with Gasteiger partial charge in [0.25, 0.3) is 0 Å². The fourth-order valence-corrected chi connectivity index (χ4v) is 4.46. The molecule has 0 aromatic rings. The Labute approximate surface area is 317 Å². The Morgan fingerprint density at radius 3 is 0.568 bits per heavy atom. The van der Waals surface area contributed by atoms with E-state index < -0.39 is 7.82 Å². The molecule has 0 aliphatic rings. The van der Waals surface area contributed by atoms with Gasteiger partial charge in [0.15, 0.2) is 0 Å². The van der Waals surface area contributed by atoms with Crippen LogP contribution in [0.15, 0.2) is 0 Å². The second kappa shape index (κ2) is 60.3. The summed E-state index contributed by atoms with van der Waals surface area (Å²) in [5.41, 5.74) is 0. The summed E-state index contributed by atoms with van der Waals surface area (Å²) in [5, 5.41) is 0. The summed E-state index contributed by atoms with van der Waals surface area (Å²) >= 11 is 0. The maximum Gasteiger partial charge on any atom is 2.00 e. The largest absolute Gasteiger partial charge is 2.00 e. The molecule has 0 fully saturated rings. The molecule has 254 valence electrons. The third-order valence-electron chi connectivity index (χ3n) is 7.06. The molecule has 0 saturated heterocycles. The van der Waals surface area contributed by atoms with Crippen molar-refractivity contribution in [1.29, 1.82) is 0 Å². The molecule has 0 aliphatic heterocycles. The van der Waals surface area contributed by atoms with Crippen molar-refractivity contribution < 1.29 is 77.7 Å². The normalized spacial score (nSPS) is 9.93. The first-order chi connectivity index (χ1) is 19.7. The number of rotatable bonds is 27. The summed E-state index contributed by atoms with van der Waals surface area (Å²) in [6, 6.07) is 0. The van der Waals surface area contributed by atoms with Gasteiger partial charge in [0.05, 0.1) is 0 Å². The number of hydrogen-bond acceptors (Lipinski definition) is 4. The van der Waals surface area contributed by atoms with Gasteiger partial charge in [-0.2, -0.15) is 27.1 Å². The molecular formula is C36H75O4PZn3. The Morgan fingerprint density at radius 1 is 0.341 bits per heavy atom. The summed E-state index contributed by atoms with van der Waals surface area (Å²) in [6.45, 7) is 18.3. The van der Waals surface area contributed by atoms with Crippen LogP contribution in [-0.4, -0.2) is 0 Å². The Hall–Kier alpha value is 1.98. The molecule has 0 amide bonds. The van der Waals surface area contributed by atoms with Gasteiger partial charge in [-0.05, 0) is 0 Å². The van der Waals surface area contributed by atoms with E-state index in [1.165, 1.54) is 173 Å². The van der Waals surface area contributed by atoms with Gasteiger partial charge in [0, 0.05) is 0 Å². The molecule has 0 radical (unpaired) electrons. The Morgan fingerprint density at radius 2 is 0.455 bits per heavy atom. The molecule has 0 N–H and O–H groups in total. The standard InChI is InChI=1S/3C12H25.H3O4P.3Zn/c3*1-3-5-7-9-11-12-10-8-6-4-2;1-5(2,3)4;;;/h3*1,3-12H2,2H3;(H3,1,2,3,4);;;/q3*-1;;3*+2/p-3. The van der Waals surface area contributed by atoms with Gasteiger partial charge < -0.3 is 40.0 Å². The summed E-state index contributed by atoms with van der Waals surface area (Å²) < 4.78 is 8.55. The fourth-order valence-electron chi connectivity index (χ4n) is 4.46. The molecule has 0 unspecified atom stereocenters. The van der Waals surface area contributed by atoms with Gasteiger partial charge in [-0.25, -0.2) is 0 Å². The minimum absolute atomic E-state index is 0. The van der Waals surface area contributed by atoms with E-state index in [1.807, 2.05) is 0 Å². The monoisotopic (exact) mass is 794 g/mol. The second-order valence-electron chi connectivity index (χ2n) is 11.5. The SMILES string of the molecule is O=P([O-])([O-])[O-].[CH2-]CCCCCCCCCCC.[CH2-]CCCCCCCCCCC.[CH2-]CCCCCCCCCCC.[Zn+2].[Zn+2].[Zn+2]. The van der Waals surface area contributed by atoms with Crippen LogP contribution in [0.25, 0.3) is 0 Å². The molecule has 0 aromatic carbocycles. The van der Waals surface area contributed by atoms with E-state index >= 15 is 0 Å². The average molecular weight is 799 g/mol. The van der Waals surface area contributed by atoms with Gasteiger partial charge >= 0.3 is 58.4 Å². The van der Waals surface area contributed by atoms with E-state index in [-0.39, 0.29) is 58.4 Å². The molecule has 0 saturated carbocycles. The summed E-state index contributed by atoms with van der Waals surface area (Å²) in [6.07, 6.45) is 41.7. The first kappa shape index (κ1) is 61.2. The molecule has 0 rings (SSSR count). The number of phosphoric acid groups is 1. The summed E-state index contributed by atoms with van der Waals surface area (Å²) in [4.78, 5) is 25.6. The quantitative estimate of drug-likeness (QED) is 0.0358. The smallest absolute Gasteiger partial charge is 0.822 e. The van der Waals surface area contributed by atoms with Crippen LogP contribution in [-0.2, 0) is 63.0 Å². The van der Waals surface area contributed by atoms with Gasteiger partial charge in [-0.3, -0.25) is 0 Å². The van der Waals surface area contributed by atoms with Crippen molar-refractivity contribution in [3.05, 3.63) is 20.8 Å². The molecule has 0 bridgehead atoms. The zero-order valence-electron chi connectivity index (χ0n) is 30.5. The van der Waals surface area contributed by atoms with Crippen molar-refractivity contribution in [1.82, 2.24) is 0 Å². The Kier molecular flexibility index (Phi) is 83.9. The molecule has 4 nitrogen and oxygen atoms in total. The van der Waals surface area contributed by atoms with Crippen LogP contribution in [0.2, 0.25) is 0 Å². The van der Waals surface area contributed by atoms with Crippen molar-refractivity contribution in [3.63, 3.8) is 0 Å². The molecule has 0 aromatic heterocycles. The van der Waals surface area contributed by atoms with Gasteiger partial charge in [-0.15, -0.1) is 0 Å². The molecule has 0 spiro atoms. The second-order valence-corrected chi connectivity index (χ2v) is 12.4. The average Bonchev–Trinajstić information content (AvgIpc) is 2.93. The third kappa shape index (κ3) is 96.7. The molecule has 44 heavy (non-hydrogen) atoms.